The van der Waals surface area contributed by atoms with Gasteiger partial charge in [-0.2, -0.15) is 0 Å². The van der Waals surface area contributed by atoms with Crippen LogP contribution in [0.1, 0.15) is 271 Å². The molecule has 0 radical (unpaired) electrons. The highest BCUT2D eigenvalue weighted by molar-refractivity contribution is 5.71. The smallest absolute Gasteiger partial charge is 0.306 e. The van der Waals surface area contributed by atoms with Gasteiger partial charge in [0.15, 0.2) is 6.10 Å². The number of hydrogen-bond acceptors (Lipinski definition) is 6. The van der Waals surface area contributed by atoms with Crippen LogP contribution in [0.5, 0.6) is 0 Å². The Morgan fingerprint density at radius 1 is 0.269 bits per heavy atom. The highest BCUT2D eigenvalue weighted by Crippen LogP contribution is 2.14. The van der Waals surface area contributed by atoms with Crippen molar-refractivity contribution in [1.82, 2.24) is 0 Å². The number of carbonyl (C=O) groups is 3. The van der Waals surface area contributed by atoms with Gasteiger partial charge in [0, 0.05) is 19.3 Å². The summed E-state index contributed by atoms with van der Waals surface area (Å²) in [5.74, 6) is -0.990. The first kappa shape index (κ1) is 73.3. The summed E-state index contributed by atoms with van der Waals surface area (Å²) in [6.07, 6.45) is 92.8. The standard InChI is InChI=1S/C72H116O6/c1-4-7-10-13-16-19-22-25-28-30-31-32-33-34-35-36-37-38-39-40-41-43-44-47-50-53-56-59-62-65-71(74)77-68-69(67-76-70(73)64-61-58-55-52-49-46-27-24-21-18-15-12-9-6-3)78-72(75)66-63-60-57-54-51-48-45-42-29-26-23-20-17-14-11-8-5-2/h7,10,15-16,18-19,24-29,31-32,34-35,37-38,40-41,44,47,53,56,69H,4-6,8-9,11-14,17,20-23,30,33,36,39,42-43,45-46,48-52,54-55,57-68H2,1-3H3/b10-7-,18-15-,19-16-,27-24-,28-25-,29-26-,32-31-,35-34-,38-37-,41-40-,47-44-,56-53-. The van der Waals surface area contributed by atoms with Crippen molar-refractivity contribution in [2.75, 3.05) is 13.2 Å². The monoisotopic (exact) mass is 1080 g/mol. The summed E-state index contributed by atoms with van der Waals surface area (Å²) >= 11 is 0. The SMILES string of the molecule is CC/C=C\C/C=C\C/C=C\C/C=C\C/C=C\C/C=C\C/C=C\C/C=C\C/C=C\CCCC(=O)OCC(COC(=O)CCCCCCC/C=C\C/C=C\CCCC)OC(=O)CCCCCCCCC/C=C\CCCCCCCC. The molecule has 0 N–H and O–H groups in total. The summed E-state index contributed by atoms with van der Waals surface area (Å²) in [5, 5.41) is 0. The minimum atomic E-state index is -0.816. The van der Waals surface area contributed by atoms with Gasteiger partial charge in [-0.3, -0.25) is 14.4 Å². The zero-order valence-electron chi connectivity index (χ0n) is 50.4. The molecule has 1 atom stereocenters. The first-order valence-corrected chi connectivity index (χ1v) is 31.8. The van der Waals surface area contributed by atoms with Crippen molar-refractivity contribution >= 4 is 17.9 Å². The van der Waals surface area contributed by atoms with E-state index in [-0.39, 0.29) is 37.5 Å². The van der Waals surface area contributed by atoms with Crippen molar-refractivity contribution in [3.8, 4) is 0 Å². The molecule has 0 rings (SSSR count). The fourth-order valence-corrected chi connectivity index (χ4v) is 8.28. The molecule has 0 spiro atoms. The lowest BCUT2D eigenvalue weighted by molar-refractivity contribution is -0.167. The summed E-state index contributed by atoms with van der Waals surface area (Å²) in [4.78, 5) is 38.3. The number of unbranched alkanes of at least 4 members (excludes halogenated alkanes) is 21. The molecule has 440 valence electrons. The second-order valence-corrected chi connectivity index (χ2v) is 20.6. The van der Waals surface area contributed by atoms with E-state index >= 15 is 0 Å². The number of carbonyl (C=O) groups excluding carboxylic acids is 3. The molecule has 0 amide bonds. The van der Waals surface area contributed by atoms with Crippen LogP contribution in [0.15, 0.2) is 146 Å². The summed E-state index contributed by atoms with van der Waals surface area (Å²) in [6, 6.07) is 0. The Morgan fingerprint density at radius 3 is 0.885 bits per heavy atom. The average Bonchev–Trinajstić information content (AvgIpc) is 3.44. The summed E-state index contributed by atoms with van der Waals surface area (Å²) in [5.41, 5.74) is 0. The Labute approximate surface area is 480 Å². The summed E-state index contributed by atoms with van der Waals surface area (Å²) in [6.45, 7) is 6.42. The molecule has 0 aromatic carbocycles. The van der Waals surface area contributed by atoms with Crippen LogP contribution in [-0.4, -0.2) is 37.2 Å². The minimum absolute atomic E-state index is 0.109. The van der Waals surface area contributed by atoms with Crippen molar-refractivity contribution in [2.24, 2.45) is 0 Å². The van der Waals surface area contributed by atoms with E-state index in [1.54, 1.807) is 0 Å². The largest absolute Gasteiger partial charge is 0.462 e. The Balaban J connectivity index is 4.47. The van der Waals surface area contributed by atoms with Crippen LogP contribution in [0, 0.1) is 0 Å². The van der Waals surface area contributed by atoms with Gasteiger partial charge < -0.3 is 14.2 Å². The van der Waals surface area contributed by atoms with Gasteiger partial charge in [0.05, 0.1) is 0 Å². The number of rotatable bonds is 56. The van der Waals surface area contributed by atoms with E-state index in [0.717, 1.165) is 128 Å². The molecule has 0 saturated heterocycles. The van der Waals surface area contributed by atoms with Crippen molar-refractivity contribution < 1.29 is 28.6 Å². The topological polar surface area (TPSA) is 78.9 Å². The van der Waals surface area contributed by atoms with Crippen molar-refractivity contribution in [3.63, 3.8) is 0 Å². The van der Waals surface area contributed by atoms with E-state index in [2.05, 4.69) is 167 Å². The summed E-state index contributed by atoms with van der Waals surface area (Å²) in [7, 11) is 0. The first-order valence-electron chi connectivity index (χ1n) is 31.8. The lowest BCUT2D eigenvalue weighted by atomic mass is 10.1. The molecular formula is C72H116O6. The predicted molar refractivity (Wildman–Crippen MR) is 339 cm³/mol. The van der Waals surface area contributed by atoms with Crippen LogP contribution in [0.2, 0.25) is 0 Å². The lowest BCUT2D eigenvalue weighted by Gasteiger charge is -2.18. The molecule has 0 aliphatic carbocycles. The highest BCUT2D eigenvalue weighted by atomic mass is 16.6. The van der Waals surface area contributed by atoms with Crippen LogP contribution in [0.25, 0.3) is 0 Å². The molecule has 0 aliphatic rings. The maximum atomic E-state index is 12.9. The predicted octanol–water partition coefficient (Wildman–Crippen LogP) is 21.9. The van der Waals surface area contributed by atoms with Gasteiger partial charge in [-0.05, 0) is 135 Å². The van der Waals surface area contributed by atoms with Gasteiger partial charge in [0.1, 0.15) is 13.2 Å². The minimum Gasteiger partial charge on any atom is -0.462 e. The van der Waals surface area contributed by atoms with Crippen molar-refractivity contribution in [3.05, 3.63) is 146 Å². The number of hydrogen-bond donors (Lipinski definition) is 0. The molecule has 0 aromatic heterocycles. The van der Waals surface area contributed by atoms with Crippen LogP contribution in [0.4, 0.5) is 0 Å². The fourth-order valence-electron chi connectivity index (χ4n) is 8.28. The molecule has 0 bridgehead atoms. The van der Waals surface area contributed by atoms with Gasteiger partial charge >= 0.3 is 17.9 Å². The molecular weight excluding hydrogens is 961 g/mol. The molecule has 0 aliphatic heterocycles. The zero-order valence-corrected chi connectivity index (χ0v) is 50.4. The van der Waals surface area contributed by atoms with Crippen molar-refractivity contribution in [1.29, 1.82) is 0 Å². The molecule has 0 heterocycles. The maximum Gasteiger partial charge on any atom is 0.306 e. The molecule has 78 heavy (non-hydrogen) atoms. The Kier molecular flexibility index (Phi) is 60.9. The van der Waals surface area contributed by atoms with Gasteiger partial charge in [-0.25, -0.2) is 0 Å². The third-order valence-corrected chi connectivity index (χ3v) is 13.0. The molecule has 0 aromatic rings. The highest BCUT2D eigenvalue weighted by Gasteiger charge is 2.19. The second kappa shape index (κ2) is 64.8. The lowest BCUT2D eigenvalue weighted by Crippen LogP contribution is -2.30. The van der Waals surface area contributed by atoms with Gasteiger partial charge in [-0.1, -0.05) is 263 Å². The fraction of sp³-hybridized carbons (Fsp3) is 0.625. The molecule has 1 unspecified atom stereocenters. The van der Waals surface area contributed by atoms with E-state index in [1.165, 1.54) is 96.3 Å². The number of esters is 3. The maximum absolute atomic E-state index is 12.9. The third-order valence-electron chi connectivity index (χ3n) is 13.0. The average molecular weight is 1080 g/mol. The molecule has 0 fully saturated rings. The normalized spacial score (nSPS) is 13.1. The van der Waals surface area contributed by atoms with E-state index in [1.807, 2.05) is 0 Å². The van der Waals surface area contributed by atoms with Crippen molar-refractivity contribution in [2.45, 2.75) is 277 Å². The van der Waals surface area contributed by atoms with Gasteiger partial charge in [-0.15, -0.1) is 0 Å². The van der Waals surface area contributed by atoms with E-state index < -0.39 is 6.10 Å². The Hall–Kier alpha value is -4.71. The van der Waals surface area contributed by atoms with E-state index in [0.29, 0.717) is 19.3 Å². The quantitative estimate of drug-likeness (QED) is 0.0261. The third kappa shape index (κ3) is 62.1. The zero-order chi connectivity index (χ0) is 56.4. The first-order chi connectivity index (χ1) is 38.5. The van der Waals surface area contributed by atoms with Crippen LogP contribution in [0.3, 0.4) is 0 Å². The Bertz CT molecular complexity index is 1710. The second-order valence-electron chi connectivity index (χ2n) is 20.6. The molecule has 6 nitrogen and oxygen atoms in total. The van der Waals surface area contributed by atoms with Gasteiger partial charge in [0.2, 0.25) is 0 Å². The van der Waals surface area contributed by atoms with E-state index in [4.69, 9.17) is 14.2 Å². The molecule has 0 saturated carbocycles. The van der Waals surface area contributed by atoms with Crippen LogP contribution >= 0.6 is 0 Å². The number of allylic oxidation sites excluding steroid dienone is 24. The van der Waals surface area contributed by atoms with Crippen LogP contribution in [-0.2, 0) is 28.6 Å². The van der Waals surface area contributed by atoms with E-state index in [9.17, 15) is 14.4 Å². The Morgan fingerprint density at radius 2 is 0.526 bits per heavy atom. The molecule has 6 heteroatoms. The number of ether oxygens (including phenoxy) is 3. The summed E-state index contributed by atoms with van der Waals surface area (Å²) < 4.78 is 16.8. The van der Waals surface area contributed by atoms with Gasteiger partial charge in [0.25, 0.3) is 0 Å². The van der Waals surface area contributed by atoms with Crippen LogP contribution < -0.4 is 0 Å².